The molecule has 4 nitrogen and oxygen atoms in total. The van der Waals surface area contributed by atoms with Crippen LogP contribution in [-0.4, -0.2) is 39.2 Å². The fraction of sp³-hybridized carbons (Fsp3) is 0.435. The van der Waals surface area contributed by atoms with E-state index in [1.807, 2.05) is 19.9 Å². The van der Waals surface area contributed by atoms with E-state index in [-0.39, 0.29) is 11.9 Å². The van der Waals surface area contributed by atoms with Crippen LogP contribution in [0.25, 0.3) is 17.0 Å². The van der Waals surface area contributed by atoms with Crippen LogP contribution in [-0.2, 0) is 4.79 Å². The summed E-state index contributed by atoms with van der Waals surface area (Å²) in [6.07, 6.45) is 4.33. The van der Waals surface area contributed by atoms with E-state index in [1.165, 1.54) is 30.2 Å². The average molecular weight is 426 g/mol. The Balaban J connectivity index is 1.81. The van der Waals surface area contributed by atoms with Gasteiger partial charge >= 0.3 is 0 Å². The van der Waals surface area contributed by atoms with Crippen LogP contribution in [0.4, 0.5) is 5.82 Å². The van der Waals surface area contributed by atoms with Gasteiger partial charge in [0, 0.05) is 30.1 Å². The molecule has 2 fully saturated rings. The van der Waals surface area contributed by atoms with Crippen LogP contribution in [0.1, 0.15) is 44.7 Å². The van der Waals surface area contributed by atoms with Crippen LogP contribution in [0, 0.1) is 12.8 Å². The molecule has 2 aliphatic rings. The molecule has 0 radical (unpaired) electrons. The fourth-order valence-corrected chi connectivity index (χ4v) is 5.51. The third-order valence-corrected chi connectivity index (χ3v) is 7.10. The van der Waals surface area contributed by atoms with Gasteiger partial charge in [0.2, 0.25) is 0 Å². The van der Waals surface area contributed by atoms with Crippen LogP contribution in [0.15, 0.2) is 29.2 Å². The van der Waals surface area contributed by atoms with Crippen molar-refractivity contribution in [3.8, 4) is 0 Å². The summed E-state index contributed by atoms with van der Waals surface area (Å²) in [4.78, 5) is 22.8. The minimum Gasteiger partial charge on any atom is -0.356 e. The summed E-state index contributed by atoms with van der Waals surface area (Å²) in [5.41, 5.74) is 3.21. The number of hydrogen-bond acceptors (Lipinski definition) is 5. The highest BCUT2D eigenvalue weighted by Gasteiger charge is 2.34. The highest BCUT2D eigenvalue weighted by atomic mass is 32.2. The zero-order chi connectivity index (χ0) is 20.7. The second kappa shape index (κ2) is 8.07. The lowest BCUT2D eigenvalue weighted by atomic mass is 9.98. The molecule has 152 valence electrons. The topological polar surface area (TPSA) is 36.4 Å². The van der Waals surface area contributed by atoms with Crippen LogP contribution in [0.2, 0.25) is 0 Å². The second-order valence-corrected chi connectivity index (χ2v) is 10.0. The van der Waals surface area contributed by atoms with Crippen LogP contribution in [0.5, 0.6) is 0 Å². The van der Waals surface area contributed by atoms with Gasteiger partial charge in [-0.1, -0.05) is 49.1 Å². The van der Waals surface area contributed by atoms with Crippen molar-refractivity contribution >= 4 is 57.0 Å². The number of aromatic nitrogens is 1. The molecule has 2 aromatic rings. The molecule has 0 N–H and O–H groups in total. The van der Waals surface area contributed by atoms with Gasteiger partial charge in [0.05, 0.1) is 10.4 Å². The quantitative estimate of drug-likeness (QED) is 0.487. The molecule has 0 bridgehead atoms. The number of aryl methyl sites for hydroxylation is 1. The molecule has 0 spiro atoms. The maximum absolute atomic E-state index is 12.9. The number of thioether (sulfide) groups is 1. The van der Waals surface area contributed by atoms with Gasteiger partial charge < -0.3 is 4.90 Å². The van der Waals surface area contributed by atoms with Gasteiger partial charge in [-0.05, 0) is 57.2 Å². The normalized spacial score (nSPS) is 20.0. The number of para-hydroxylation sites is 1. The highest BCUT2D eigenvalue weighted by molar-refractivity contribution is 8.26. The lowest BCUT2D eigenvalue weighted by Crippen LogP contribution is -2.34. The second-order valence-electron chi connectivity index (χ2n) is 8.36. The Bertz CT molecular complexity index is 1010. The molecule has 2 aliphatic heterocycles. The minimum atomic E-state index is -0.00226. The first-order valence-electron chi connectivity index (χ1n) is 10.3. The Morgan fingerprint density at radius 2 is 2.00 bits per heavy atom. The van der Waals surface area contributed by atoms with E-state index in [4.69, 9.17) is 17.2 Å². The zero-order valence-electron chi connectivity index (χ0n) is 17.4. The van der Waals surface area contributed by atoms with Gasteiger partial charge in [0.25, 0.3) is 5.91 Å². The SMILES string of the molecule is Cc1cccc2cc(/C=C3\SC(=S)N(C(C)C)C3=O)c(N3CCC(C)CC3)nc12. The van der Waals surface area contributed by atoms with Crippen molar-refractivity contribution in [3.05, 3.63) is 40.3 Å². The van der Waals surface area contributed by atoms with Crippen molar-refractivity contribution in [3.63, 3.8) is 0 Å². The number of rotatable bonds is 3. The predicted molar refractivity (Wildman–Crippen MR) is 127 cm³/mol. The summed E-state index contributed by atoms with van der Waals surface area (Å²) < 4.78 is 0.634. The van der Waals surface area contributed by atoms with E-state index < -0.39 is 0 Å². The van der Waals surface area contributed by atoms with Crippen molar-refractivity contribution < 1.29 is 4.79 Å². The molecular weight excluding hydrogens is 398 g/mol. The maximum Gasteiger partial charge on any atom is 0.266 e. The Labute approximate surface area is 182 Å². The standard InChI is InChI=1S/C23H27N3OS2/c1-14(2)26-22(27)19(29-23(26)28)13-18-12-17-7-5-6-16(4)20(17)24-21(18)25-10-8-15(3)9-11-25/h5-7,12-15H,8-11H2,1-4H3/b19-13-. The number of pyridine rings is 1. The Hall–Kier alpha value is -1.92. The number of fused-ring (bicyclic) bond motifs is 1. The number of benzene rings is 1. The number of thiocarbonyl (C=S) groups is 1. The molecule has 4 rings (SSSR count). The number of amides is 1. The van der Waals surface area contributed by atoms with Gasteiger partial charge in [0.15, 0.2) is 0 Å². The molecule has 3 heterocycles. The predicted octanol–water partition coefficient (Wildman–Crippen LogP) is 5.39. The Morgan fingerprint density at radius 1 is 1.28 bits per heavy atom. The molecule has 1 aromatic carbocycles. The molecule has 0 saturated carbocycles. The first-order valence-corrected chi connectivity index (χ1v) is 11.5. The zero-order valence-corrected chi connectivity index (χ0v) is 19.1. The molecule has 2 saturated heterocycles. The van der Waals surface area contributed by atoms with Crippen molar-refractivity contribution in [1.82, 2.24) is 9.88 Å². The molecule has 29 heavy (non-hydrogen) atoms. The lowest BCUT2D eigenvalue weighted by Gasteiger charge is -2.32. The van der Waals surface area contributed by atoms with Crippen LogP contribution in [0.3, 0.4) is 0 Å². The van der Waals surface area contributed by atoms with Crippen molar-refractivity contribution in [1.29, 1.82) is 0 Å². The Morgan fingerprint density at radius 3 is 2.66 bits per heavy atom. The van der Waals surface area contributed by atoms with Crippen LogP contribution < -0.4 is 4.90 Å². The summed E-state index contributed by atoms with van der Waals surface area (Å²) >= 11 is 6.85. The summed E-state index contributed by atoms with van der Waals surface area (Å²) in [5.74, 6) is 1.73. The van der Waals surface area contributed by atoms with Gasteiger partial charge in [-0.25, -0.2) is 4.98 Å². The van der Waals surface area contributed by atoms with Crippen molar-refractivity contribution in [2.75, 3.05) is 18.0 Å². The molecule has 1 amide bonds. The van der Waals surface area contributed by atoms with E-state index in [9.17, 15) is 4.79 Å². The summed E-state index contributed by atoms with van der Waals surface area (Å²) in [7, 11) is 0. The van der Waals surface area contributed by atoms with Gasteiger partial charge in [-0.2, -0.15) is 0 Å². The smallest absolute Gasteiger partial charge is 0.266 e. The van der Waals surface area contributed by atoms with E-state index in [2.05, 4.69) is 43.0 Å². The minimum absolute atomic E-state index is 0.00226. The number of anilines is 1. The summed E-state index contributed by atoms with van der Waals surface area (Å²) in [6.45, 7) is 10.4. The van der Waals surface area contributed by atoms with E-state index in [0.717, 1.165) is 41.3 Å². The monoisotopic (exact) mass is 425 g/mol. The third kappa shape index (κ3) is 3.92. The number of carbonyl (C=O) groups is 1. The highest BCUT2D eigenvalue weighted by Crippen LogP contribution is 2.37. The fourth-order valence-electron chi connectivity index (χ4n) is 4.00. The van der Waals surface area contributed by atoms with Crippen molar-refractivity contribution in [2.24, 2.45) is 5.92 Å². The first-order chi connectivity index (χ1) is 13.8. The number of hydrogen-bond donors (Lipinski definition) is 0. The van der Waals surface area contributed by atoms with Gasteiger partial charge in [-0.15, -0.1) is 0 Å². The van der Waals surface area contributed by atoms with E-state index >= 15 is 0 Å². The van der Waals surface area contributed by atoms with Gasteiger partial charge in [0.1, 0.15) is 10.1 Å². The maximum atomic E-state index is 12.9. The number of carbonyl (C=O) groups excluding carboxylic acids is 1. The summed E-state index contributed by atoms with van der Waals surface area (Å²) in [6, 6.07) is 8.49. The molecule has 1 aromatic heterocycles. The molecular formula is C23H27N3OS2. The molecule has 0 unspecified atom stereocenters. The van der Waals surface area contributed by atoms with Crippen molar-refractivity contribution in [2.45, 2.75) is 46.6 Å². The largest absolute Gasteiger partial charge is 0.356 e. The molecule has 0 aliphatic carbocycles. The number of nitrogens with zero attached hydrogens (tertiary/aromatic N) is 3. The van der Waals surface area contributed by atoms with E-state index in [1.54, 1.807) is 4.90 Å². The Kier molecular flexibility index (Phi) is 5.67. The third-order valence-electron chi connectivity index (χ3n) is 5.77. The summed E-state index contributed by atoms with van der Waals surface area (Å²) in [5, 5.41) is 1.10. The van der Waals surface area contributed by atoms with E-state index in [0.29, 0.717) is 9.23 Å². The molecule has 0 atom stereocenters. The first kappa shape index (κ1) is 20.4. The lowest BCUT2D eigenvalue weighted by molar-refractivity contribution is -0.123. The number of piperidine rings is 1. The average Bonchev–Trinajstić information content (AvgIpc) is 2.96. The van der Waals surface area contributed by atoms with Gasteiger partial charge in [-0.3, -0.25) is 9.69 Å². The molecule has 6 heteroatoms. The van der Waals surface area contributed by atoms with Crippen LogP contribution >= 0.6 is 24.0 Å².